The van der Waals surface area contributed by atoms with Crippen molar-refractivity contribution in [2.45, 2.75) is 4.90 Å². The number of sulfone groups is 1. The molecule has 1 amide bonds. The van der Waals surface area contributed by atoms with E-state index in [0.717, 1.165) is 12.1 Å². The van der Waals surface area contributed by atoms with Crippen LogP contribution in [0.15, 0.2) is 23.1 Å². The van der Waals surface area contributed by atoms with Gasteiger partial charge < -0.3 is 5.11 Å². The largest absolute Gasteiger partial charge is 0.464 e. The van der Waals surface area contributed by atoms with E-state index in [2.05, 4.69) is 4.84 Å². The van der Waals surface area contributed by atoms with Crippen molar-refractivity contribution in [3.63, 3.8) is 0 Å². The van der Waals surface area contributed by atoms with E-state index in [-0.39, 0.29) is 0 Å². The van der Waals surface area contributed by atoms with Crippen molar-refractivity contribution >= 4 is 27.3 Å². The number of nitrogens with one attached hydrogen (secondary N) is 1. The Morgan fingerprint density at radius 2 is 1.91 bits per heavy atom. The molecule has 0 saturated heterocycles. The number of non-ortho nitro benzene ring substituents is 1. The van der Waals surface area contributed by atoms with Crippen LogP contribution in [0.2, 0.25) is 0 Å². The lowest BCUT2D eigenvalue weighted by Crippen LogP contribution is -2.25. The maximum atomic E-state index is 12.0. The van der Waals surface area contributed by atoms with Crippen LogP contribution in [0.25, 0.3) is 0 Å². The molecule has 0 unspecified atom stereocenters. The van der Waals surface area contributed by atoms with Gasteiger partial charge in [0.25, 0.3) is 11.4 Å². The van der Waals surface area contributed by atoms with Crippen LogP contribution in [0.3, 0.4) is 0 Å². The molecule has 1 rings (SSSR count). The van der Waals surface area contributed by atoms with Crippen LogP contribution >= 0.6 is 0 Å². The van der Waals surface area contributed by atoms with Gasteiger partial charge in [0.05, 0.1) is 28.3 Å². The molecule has 0 radical (unpaired) electrons. The number of hydrogen-bond donors (Lipinski definition) is 2. The zero-order chi connectivity index (χ0) is 16.9. The molecular formula is C9H9N3O9S. The molecule has 1 aromatic carbocycles. The van der Waals surface area contributed by atoms with Gasteiger partial charge in [0.1, 0.15) is 4.90 Å². The fourth-order valence-electron chi connectivity index (χ4n) is 1.40. The van der Waals surface area contributed by atoms with Crippen molar-refractivity contribution in [2.75, 3.05) is 12.4 Å². The van der Waals surface area contributed by atoms with Gasteiger partial charge in [-0.25, -0.2) is 13.2 Å². The second kappa shape index (κ2) is 6.77. The molecule has 0 heterocycles. The minimum Gasteiger partial charge on any atom is -0.464 e. The first kappa shape index (κ1) is 17.3. The first-order valence-corrected chi connectivity index (χ1v) is 7.06. The average molecular weight is 335 g/mol. The molecule has 0 aromatic heterocycles. The number of hydrogen-bond acceptors (Lipinski definition) is 8. The summed E-state index contributed by atoms with van der Waals surface area (Å²) < 4.78 is 23.9. The molecule has 120 valence electrons. The van der Waals surface area contributed by atoms with Gasteiger partial charge >= 0.3 is 6.09 Å². The van der Waals surface area contributed by atoms with Crippen molar-refractivity contribution in [3.8, 4) is 0 Å². The second-order valence-electron chi connectivity index (χ2n) is 3.74. The maximum Gasteiger partial charge on any atom is 0.428 e. The van der Waals surface area contributed by atoms with E-state index in [0.29, 0.717) is 6.07 Å². The quantitative estimate of drug-likeness (QED) is 0.407. The number of nitro benzene ring substituents is 2. The molecule has 0 aliphatic rings. The average Bonchev–Trinajstić information content (AvgIpc) is 2.42. The third-order valence-electron chi connectivity index (χ3n) is 2.30. The van der Waals surface area contributed by atoms with E-state index in [4.69, 9.17) is 5.11 Å². The Balaban J connectivity index is 3.05. The Morgan fingerprint density at radius 3 is 2.41 bits per heavy atom. The summed E-state index contributed by atoms with van der Waals surface area (Å²) in [6.07, 6.45) is -1.54. The van der Waals surface area contributed by atoms with E-state index in [1.165, 1.54) is 5.48 Å². The first-order valence-electron chi connectivity index (χ1n) is 5.41. The summed E-state index contributed by atoms with van der Waals surface area (Å²) in [6.45, 7) is -0.594. The van der Waals surface area contributed by atoms with E-state index >= 15 is 0 Å². The molecule has 0 aliphatic heterocycles. The summed E-state index contributed by atoms with van der Waals surface area (Å²) in [7, 11) is -4.20. The van der Waals surface area contributed by atoms with Crippen LogP contribution < -0.4 is 5.48 Å². The van der Waals surface area contributed by atoms with Crippen molar-refractivity contribution in [3.05, 3.63) is 38.4 Å². The normalized spacial score (nSPS) is 10.9. The molecule has 2 N–H and O–H groups in total. The highest BCUT2D eigenvalue weighted by molar-refractivity contribution is 7.91. The topological polar surface area (TPSA) is 179 Å². The smallest absolute Gasteiger partial charge is 0.428 e. The molecule has 22 heavy (non-hydrogen) atoms. The van der Waals surface area contributed by atoms with Gasteiger partial charge in [0.2, 0.25) is 0 Å². The maximum absolute atomic E-state index is 12.0. The number of amides is 1. The third kappa shape index (κ3) is 4.35. The summed E-state index contributed by atoms with van der Waals surface area (Å²) in [6, 6.07) is 2.09. The fraction of sp³-hybridized carbons (Fsp3) is 0.222. The van der Waals surface area contributed by atoms with Crippen LogP contribution in [0.4, 0.5) is 16.2 Å². The number of nitro groups is 2. The highest BCUT2D eigenvalue weighted by Crippen LogP contribution is 2.28. The van der Waals surface area contributed by atoms with Gasteiger partial charge in [0, 0.05) is 6.07 Å². The van der Waals surface area contributed by atoms with Crippen LogP contribution in [-0.4, -0.2) is 41.8 Å². The van der Waals surface area contributed by atoms with Crippen LogP contribution in [0.1, 0.15) is 0 Å². The molecule has 0 saturated carbocycles. The lowest BCUT2D eigenvalue weighted by atomic mass is 10.3. The van der Waals surface area contributed by atoms with Crippen molar-refractivity contribution in [1.82, 2.24) is 5.48 Å². The molecule has 0 aliphatic carbocycles. The molecular weight excluding hydrogens is 326 g/mol. The fourth-order valence-corrected chi connectivity index (χ4v) is 2.65. The molecule has 0 spiro atoms. The Bertz CT molecular complexity index is 715. The number of rotatable bonds is 7. The molecule has 0 atom stereocenters. The zero-order valence-electron chi connectivity index (χ0n) is 10.7. The number of nitrogens with zero attached hydrogens (tertiary/aromatic N) is 2. The van der Waals surface area contributed by atoms with Crippen molar-refractivity contribution in [2.24, 2.45) is 0 Å². The molecule has 1 aromatic rings. The SMILES string of the molecule is O=C(O)NOCCS(=O)(=O)c1ccc([N+](=O)[O-])cc1[N+](=O)[O-]. The summed E-state index contributed by atoms with van der Waals surface area (Å²) >= 11 is 0. The Morgan fingerprint density at radius 1 is 1.27 bits per heavy atom. The van der Waals surface area contributed by atoms with E-state index < -0.39 is 54.4 Å². The summed E-state index contributed by atoms with van der Waals surface area (Å²) in [5, 5.41) is 29.6. The zero-order valence-corrected chi connectivity index (χ0v) is 11.5. The molecule has 0 bridgehead atoms. The van der Waals surface area contributed by atoms with Gasteiger partial charge in [-0.2, -0.15) is 5.48 Å². The number of hydroxylamine groups is 1. The molecule has 13 heteroatoms. The predicted molar refractivity (Wildman–Crippen MR) is 68.9 cm³/mol. The van der Waals surface area contributed by atoms with Gasteiger partial charge in [-0.3, -0.25) is 25.1 Å². The number of carboxylic acid groups (broad SMARTS) is 1. The Labute approximate surface area is 122 Å². The Kier molecular flexibility index (Phi) is 5.31. The summed E-state index contributed by atoms with van der Waals surface area (Å²) in [4.78, 5) is 33.1. The number of benzene rings is 1. The summed E-state index contributed by atoms with van der Waals surface area (Å²) in [5.74, 6) is -0.758. The second-order valence-corrected chi connectivity index (χ2v) is 5.82. The minimum atomic E-state index is -4.20. The van der Waals surface area contributed by atoms with E-state index in [1.807, 2.05) is 0 Å². The highest BCUT2D eigenvalue weighted by Gasteiger charge is 2.28. The van der Waals surface area contributed by atoms with Crippen LogP contribution in [0.5, 0.6) is 0 Å². The van der Waals surface area contributed by atoms with Crippen LogP contribution in [-0.2, 0) is 14.7 Å². The summed E-state index contributed by atoms with van der Waals surface area (Å²) in [5.41, 5.74) is -0.114. The third-order valence-corrected chi connectivity index (χ3v) is 4.02. The molecule has 12 nitrogen and oxygen atoms in total. The van der Waals surface area contributed by atoms with Gasteiger partial charge in [-0.1, -0.05) is 0 Å². The standard InChI is InChI=1S/C9H9N3O9S/c13-9(14)10-21-3-4-22(19,20)8-2-1-6(11(15)16)5-7(8)12(17)18/h1-2,5,10H,3-4H2,(H,13,14). The minimum absolute atomic E-state index is 0.531. The first-order chi connectivity index (χ1) is 10.1. The number of carbonyl (C=O) groups is 1. The highest BCUT2D eigenvalue weighted by atomic mass is 32.2. The van der Waals surface area contributed by atoms with E-state index in [9.17, 15) is 33.4 Å². The monoisotopic (exact) mass is 335 g/mol. The predicted octanol–water partition coefficient (Wildman–Crippen LogP) is 0.476. The Hall–Kier alpha value is -2.80. The van der Waals surface area contributed by atoms with Crippen LogP contribution in [0, 0.1) is 20.2 Å². The lowest BCUT2D eigenvalue weighted by Gasteiger charge is -2.05. The lowest BCUT2D eigenvalue weighted by molar-refractivity contribution is -0.396. The van der Waals surface area contributed by atoms with Crippen molar-refractivity contribution < 1.29 is 33.0 Å². The van der Waals surface area contributed by atoms with E-state index in [1.54, 1.807) is 0 Å². The van der Waals surface area contributed by atoms with Gasteiger partial charge in [-0.05, 0) is 6.07 Å². The molecule has 0 fully saturated rings. The van der Waals surface area contributed by atoms with Gasteiger partial charge in [0.15, 0.2) is 9.84 Å². The van der Waals surface area contributed by atoms with Crippen molar-refractivity contribution in [1.29, 1.82) is 0 Å². The van der Waals surface area contributed by atoms with Gasteiger partial charge in [-0.15, -0.1) is 0 Å².